The molecule has 0 spiro atoms. The number of nitro benzene ring substituents is 1. The van der Waals surface area contributed by atoms with E-state index in [0.29, 0.717) is 11.4 Å². The second-order valence-electron chi connectivity index (χ2n) is 7.94. The van der Waals surface area contributed by atoms with Gasteiger partial charge in [-0.05, 0) is 49.2 Å². The second kappa shape index (κ2) is 8.78. The van der Waals surface area contributed by atoms with Crippen molar-refractivity contribution in [3.63, 3.8) is 0 Å². The minimum Gasteiger partial charge on any atom is -0.497 e. The van der Waals surface area contributed by atoms with Crippen LogP contribution >= 0.6 is 0 Å². The lowest BCUT2D eigenvalue weighted by Gasteiger charge is -2.33. The molecule has 2 aliphatic rings. The maximum atomic E-state index is 13.4. The Bertz CT molecular complexity index is 1040. The van der Waals surface area contributed by atoms with Gasteiger partial charge in [0, 0.05) is 23.7 Å². The fraction of sp³-hybridized carbons (Fsp3) is 0.348. The van der Waals surface area contributed by atoms with Crippen LogP contribution in [0.2, 0.25) is 0 Å². The zero-order chi connectivity index (χ0) is 22.8. The molecule has 3 amide bonds. The van der Waals surface area contributed by atoms with Gasteiger partial charge in [-0.3, -0.25) is 24.5 Å². The lowest BCUT2D eigenvalue weighted by atomic mass is 10.1. The first-order valence-corrected chi connectivity index (χ1v) is 10.5. The second-order valence-corrected chi connectivity index (χ2v) is 7.94. The number of ether oxygens (including phenoxy) is 1. The molecule has 1 aliphatic heterocycles. The summed E-state index contributed by atoms with van der Waals surface area (Å²) in [4.78, 5) is 52.6. The lowest BCUT2D eigenvalue weighted by molar-refractivity contribution is -0.384. The highest BCUT2D eigenvalue weighted by atomic mass is 16.6. The molecule has 166 valence electrons. The first-order valence-electron chi connectivity index (χ1n) is 10.5. The van der Waals surface area contributed by atoms with E-state index >= 15 is 0 Å². The smallest absolute Gasteiger partial charge is 0.269 e. The van der Waals surface area contributed by atoms with Gasteiger partial charge in [-0.25, -0.2) is 4.90 Å². The highest BCUT2D eigenvalue weighted by Gasteiger charge is 2.47. The number of nitrogens with zero attached hydrogens (tertiary/aromatic N) is 3. The molecule has 2 fully saturated rings. The van der Waals surface area contributed by atoms with E-state index in [2.05, 4.69) is 0 Å². The third kappa shape index (κ3) is 3.93. The van der Waals surface area contributed by atoms with E-state index < -0.39 is 22.8 Å². The summed E-state index contributed by atoms with van der Waals surface area (Å²) in [7, 11) is 1.53. The van der Waals surface area contributed by atoms with Gasteiger partial charge < -0.3 is 9.64 Å². The van der Waals surface area contributed by atoms with Gasteiger partial charge >= 0.3 is 0 Å². The lowest BCUT2D eigenvalue weighted by Crippen LogP contribution is -2.50. The van der Waals surface area contributed by atoms with E-state index in [0.717, 1.165) is 30.6 Å². The van der Waals surface area contributed by atoms with Crippen molar-refractivity contribution in [1.82, 2.24) is 4.90 Å². The van der Waals surface area contributed by atoms with Crippen LogP contribution in [0.1, 0.15) is 42.5 Å². The van der Waals surface area contributed by atoms with Crippen LogP contribution in [-0.4, -0.2) is 46.7 Å². The van der Waals surface area contributed by atoms with Crippen molar-refractivity contribution in [2.75, 3.05) is 12.0 Å². The Morgan fingerprint density at radius 1 is 1.06 bits per heavy atom. The molecule has 1 aliphatic carbocycles. The van der Waals surface area contributed by atoms with Gasteiger partial charge in [-0.2, -0.15) is 0 Å². The maximum Gasteiger partial charge on any atom is 0.269 e. The topological polar surface area (TPSA) is 110 Å². The molecule has 0 aromatic heterocycles. The van der Waals surface area contributed by atoms with Crippen molar-refractivity contribution < 1.29 is 24.0 Å². The Kier molecular flexibility index (Phi) is 5.89. The zero-order valence-electron chi connectivity index (χ0n) is 17.6. The van der Waals surface area contributed by atoms with Crippen LogP contribution in [0.5, 0.6) is 5.75 Å². The average molecular weight is 437 g/mol. The number of anilines is 1. The Morgan fingerprint density at radius 3 is 2.25 bits per heavy atom. The molecule has 4 rings (SSSR count). The summed E-state index contributed by atoms with van der Waals surface area (Å²) in [5, 5.41) is 10.9. The molecule has 0 radical (unpaired) electrons. The van der Waals surface area contributed by atoms with Gasteiger partial charge in [-0.15, -0.1) is 0 Å². The van der Waals surface area contributed by atoms with Crippen molar-refractivity contribution in [2.45, 2.75) is 44.2 Å². The van der Waals surface area contributed by atoms with Crippen LogP contribution in [0.25, 0.3) is 0 Å². The first-order chi connectivity index (χ1) is 15.4. The van der Waals surface area contributed by atoms with Crippen LogP contribution in [-0.2, 0) is 9.59 Å². The van der Waals surface area contributed by atoms with Crippen LogP contribution in [0.3, 0.4) is 0 Å². The Morgan fingerprint density at radius 2 is 1.69 bits per heavy atom. The molecule has 9 nitrogen and oxygen atoms in total. The summed E-state index contributed by atoms with van der Waals surface area (Å²) < 4.78 is 5.13. The van der Waals surface area contributed by atoms with Gasteiger partial charge in [-0.1, -0.05) is 12.8 Å². The summed E-state index contributed by atoms with van der Waals surface area (Å²) in [6, 6.07) is 10.9. The summed E-state index contributed by atoms with van der Waals surface area (Å²) in [6.45, 7) is 0. The molecule has 1 unspecified atom stereocenters. The number of amides is 3. The van der Waals surface area contributed by atoms with Crippen molar-refractivity contribution in [3.8, 4) is 5.75 Å². The standard InChI is InChI=1S/C23H23N3O6/c1-32-19-12-10-17(11-13-19)25-21(27)14-20(23(25)29)24(16-4-2-3-5-16)22(28)15-6-8-18(9-7-15)26(30)31/h6-13,16,20H,2-5,14H2,1H3. The molecule has 1 atom stereocenters. The quantitative estimate of drug-likeness (QED) is 0.390. The van der Waals surface area contributed by atoms with Crippen molar-refractivity contribution >= 4 is 29.1 Å². The molecule has 9 heteroatoms. The van der Waals surface area contributed by atoms with Gasteiger partial charge in [0.25, 0.3) is 17.5 Å². The van der Waals surface area contributed by atoms with Gasteiger partial charge in [0.15, 0.2) is 0 Å². The number of hydrogen-bond acceptors (Lipinski definition) is 6. The number of methoxy groups -OCH3 is 1. The average Bonchev–Trinajstić information content (AvgIpc) is 3.42. The Labute approximate surface area is 184 Å². The zero-order valence-corrected chi connectivity index (χ0v) is 17.6. The molecule has 1 heterocycles. The van der Waals surface area contributed by atoms with Gasteiger partial charge in [0.05, 0.1) is 24.1 Å². The number of non-ortho nitro benzene ring substituents is 1. The number of carbonyl (C=O) groups excluding carboxylic acids is 3. The summed E-state index contributed by atoms with van der Waals surface area (Å²) in [6.07, 6.45) is 3.27. The van der Waals surface area contributed by atoms with Crippen molar-refractivity contribution in [2.24, 2.45) is 0 Å². The maximum absolute atomic E-state index is 13.4. The number of carbonyl (C=O) groups is 3. The van der Waals surface area contributed by atoms with E-state index in [1.54, 1.807) is 24.3 Å². The molecule has 0 bridgehead atoms. The van der Waals surface area contributed by atoms with Crippen LogP contribution in [0.15, 0.2) is 48.5 Å². The van der Waals surface area contributed by atoms with E-state index in [-0.39, 0.29) is 29.6 Å². The van der Waals surface area contributed by atoms with E-state index in [1.165, 1.54) is 36.3 Å². The fourth-order valence-electron chi connectivity index (χ4n) is 4.45. The largest absolute Gasteiger partial charge is 0.497 e. The Hall–Kier alpha value is -3.75. The van der Waals surface area contributed by atoms with Crippen LogP contribution < -0.4 is 9.64 Å². The molecular formula is C23H23N3O6. The predicted octanol–water partition coefficient (Wildman–Crippen LogP) is 3.32. The molecule has 2 aromatic carbocycles. The van der Waals surface area contributed by atoms with Gasteiger partial charge in [0.2, 0.25) is 5.91 Å². The fourth-order valence-corrected chi connectivity index (χ4v) is 4.45. The SMILES string of the molecule is COc1ccc(N2C(=O)CC(N(C(=O)c3ccc([N+](=O)[O-])cc3)C3CCCC3)C2=O)cc1. The summed E-state index contributed by atoms with van der Waals surface area (Å²) >= 11 is 0. The molecule has 32 heavy (non-hydrogen) atoms. The minimum atomic E-state index is -0.907. The third-order valence-electron chi connectivity index (χ3n) is 6.07. The third-order valence-corrected chi connectivity index (χ3v) is 6.07. The van der Waals surface area contributed by atoms with Crippen LogP contribution in [0.4, 0.5) is 11.4 Å². The monoisotopic (exact) mass is 437 g/mol. The van der Waals surface area contributed by atoms with Crippen molar-refractivity contribution in [1.29, 1.82) is 0 Å². The molecule has 2 aromatic rings. The van der Waals surface area contributed by atoms with E-state index in [4.69, 9.17) is 4.74 Å². The number of nitro groups is 1. The highest BCUT2D eigenvalue weighted by Crippen LogP contribution is 2.33. The number of benzene rings is 2. The van der Waals surface area contributed by atoms with E-state index in [9.17, 15) is 24.5 Å². The highest BCUT2D eigenvalue weighted by molar-refractivity contribution is 6.23. The van der Waals surface area contributed by atoms with Crippen LogP contribution in [0, 0.1) is 10.1 Å². The normalized spacial score (nSPS) is 18.8. The molecule has 0 N–H and O–H groups in total. The minimum absolute atomic E-state index is 0.0971. The Balaban J connectivity index is 1.64. The van der Waals surface area contributed by atoms with E-state index in [1.807, 2.05) is 0 Å². The molecule has 1 saturated carbocycles. The van der Waals surface area contributed by atoms with Gasteiger partial charge in [0.1, 0.15) is 11.8 Å². The summed E-state index contributed by atoms with van der Waals surface area (Å²) in [5.74, 6) is -0.605. The number of imide groups is 1. The predicted molar refractivity (Wildman–Crippen MR) is 115 cm³/mol. The number of hydrogen-bond donors (Lipinski definition) is 0. The molecule has 1 saturated heterocycles. The first kappa shape index (κ1) is 21.5. The molecular weight excluding hydrogens is 414 g/mol. The van der Waals surface area contributed by atoms with Crippen molar-refractivity contribution in [3.05, 3.63) is 64.2 Å². The summed E-state index contributed by atoms with van der Waals surface area (Å²) in [5.41, 5.74) is 0.565. The number of rotatable bonds is 6.